The molecule has 0 saturated carbocycles. The predicted octanol–water partition coefficient (Wildman–Crippen LogP) is 3.23. The smallest absolute Gasteiger partial charge is 0.252 e. The maximum atomic E-state index is 13.2. The zero-order chi connectivity index (χ0) is 14.1. The van der Waals surface area contributed by atoms with E-state index in [1.54, 1.807) is 0 Å². The van der Waals surface area contributed by atoms with Gasteiger partial charge in [0.05, 0.1) is 17.8 Å². The van der Waals surface area contributed by atoms with Gasteiger partial charge in [-0.2, -0.15) is 0 Å². The molecule has 4 nitrogen and oxygen atoms in total. The number of nitrogens with zero attached hydrogens (tertiary/aromatic N) is 2. The van der Waals surface area contributed by atoms with Gasteiger partial charge < -0.3 is 5.32 Å². The van der Waals surface area contributed by atoms with E-state index in [2.05, 4.69) is 26.2 Å². The first kappa shape index (κ1) is 13.3. The van der Waals surface area contributed by atoms with Crippen LogP contribution in [0, 0.1) is 5.82 Å². The summed E-state index contributed by atoms with van der Waals surface area (Å²) < 4.78 is 15.6. The summed E-state index contributed by atoms with van der Waals surface area (Å²) in [6.07, 6.45) is 3.76. The molecule has 0 aliphatic carbocycles. The molecule has 1 aromatic carbocycles. The van der Waals surface area contributed by atoms with E-state index in [9.17, 15) is 9.18 Å². The third-order valence-corrected chi connectivity index (χ3v) is 4.21. The van der Waals surface area contributed by atoms with E-state index in [0.717, 1.165) is 10.7 Å². The summed E-state index contributed by atoms with van der Waals surface area (Å²) in [5, 5.41) is 4.67. The molecule has 20 heavy (non-hydrogen) atoms. The lowest BCUT2D eigenvalue weighted by Crippen LogP contribution is -2.23. The number of aromatic nitrogens is 2. The summed E-state index contributed by atoms with van der Waals surface area (Å²) in [7, 11) is 0. The van der Waals surface area contributed by atoms with Crippen molar-refractivity contribution in [2.24, 2.45) is 0 Å². The van der Waals surface area contributed by atoms with Gasteiger partial charge in [-0.1, -0.05) is 0 Å². The Morgan fingerprint density at radius 3 is 3.15 bits per heavy atom. The fraction of sp³-hybridized carbons (Fsp3) is 0.0769. The molecule has 2 aromatic heterocycles. The van der Waals surface area contributed by atoms with Crippen molar-refractivity contribution in [3.63, 3.8) is 0 Å². The Morgan fingerprint density at radius 2 is 2.35 bits per heavy atom. The summed E-state index contributed by atoms with van der Waals surface area (Å²) in [5.74, 6) is -0.784. The van der Waals surface area contributed by atoms with Gasteiger partial charge in [-0.05, 0) is 34.1 Å². The highest BCUT2D eigenvalue weighted by atomic mass is 79.9. The summed E-state index contributed by atoms with van der Waals surface area (Å²) in [6, 6.07) is 4.01. The van der Waals surface area contributed by atoms with E-state index in [0.29, 0.717) is 11.0 Å². The molecule has 2 heterocycles. The van der Waals surface area contributed by atoms with E-state index >= 15 is 0 Å². The Balaban J connectivity index is 1.73. The Labute approximate surface area is 126 Å². The lowest BCUT2D eigenvalue weighted by Gasteiger charge is -2.05. The first-order chi connectivity index (χ1) is 9.63. The van der Waals surface area contributed by atoms with Crippen molar-refractivity contribution in [1.82, 2.24) is 14.7 Å². The molecular formula is C13H9BrFN3OS. The van der Waals surface area contributed by atoms with Crippen LogP contribution in [0.2, 0.25) is 0 Å². The van der Waals surface area contributed by atoms with Gasteiger partial charge in [-0.15, -0.1) is 11.3 Å². The van der Waals surface area contributed by atoms with Gasteiger partial charge in [0.1, 0.15) is 5.82 Å². The minimum absolute atomic E-state index is 0.269. The molecule has 0 spiro atoms. The molecule has 102 valence electrons. The second-order valence-corrected chi connectivity index (χ2v) is 5.86. The van der Waals surface area contributed by atoms with Crippen LogP contribution < -0.4 is 5.32 Å². The van der Waals surface area contributed by atoms with Crippen molar-refractivity contribution in [3.8, 4) is 0 Å². The van der Waals surface area contributed by atoms with Gasteiger partial charge in [-0.3, -0.25) is 9.20 Å². The van der Waals surface area contributed by atoms with Crippen LogP contribution in [0.3, 0.4) is 0 Å². The van der Waals surface area contributed by atoms with E-state index in [1.807, 2.05) is 22.2 Å². The molecule has 7 heteroatoms. The van der Waals surface area contributed by atoms with Gasteiger partial charge in [0.2, 0.25) is 0 Å². The molecular weight excluding hydrogens is 345 g/mol. The van der Waals surface area contributed by atoms with Crippen molar-refractivity contribution >= 4 is 38.1 Å². The van der Waals surface area contributed by atoms with Crippen LogP contribution >= 0.6 is 27.3 Å². The average Bonchev–Trinajstić information content (AvgIpc) is 2.99. The highest BCUT2D eigenvalue weighted by Gasteiger charge is 2.11. The van der Waals surface area contributed by atoms with E-state index < -0.39 is 5.82 Å². The molecule has 0 fully saturated rings. The van der Waals surface area contributed by atoms with Crippen LogP contribution in [-0.4, -0.2) is 15.3 Å². The lowest BCUT2D eigenvalue weighted by atomic mass is 10.2. The second-order valence-electron chi connectivity index (χ2n) is 4.13. The van der Waals surface area contributed by atoms with Crippen molar-refractivity contribution < 1.29 is 9.18 Å². The molecule has 0 bridgehead atoms. The Morgan fingerprint density at radius 1 is 1.50 bits per heavy atom. The fourth-order valence-electron chi connectivity index (χ4n) is 1.80. The number of amides is 1. The number of rotatable bonds is 3. The third kappa shape index (κ3) is 2.59. The molecule has 0 aliphatic heterocycles. The summed E-state index contributed by atoms with van der Waals surface area (Å²) in [4.78, 5) is 17.2. The minimum Gasteiger partial charge on any atom is -0.346 e. The molecule has 0 atom stereocenters. The molecule has 1 N–H and O–H groups in total. The number of nitrogens with one attached hydrogen (secondary N) is 1. The highest BCUT2D eigenvalue weighted by molar-refractivity contribution is 9.10. The fourth-order valence-corrected chi connectivity index (χ4v) is 2.94. The number of fused-ring (bicyclic) bond motifs is 1. The molecule has 0 aliphatic rings. The Hall–Kier alpha value is -1.73. The standard InChI is InChI=1S/C13H9BrFN3OS/c14-11-2-1-8(15)5-10(11)12(19)16-6-9-7-18-3-4-20-13(18)17-9/h1-5,7H,6H2,(H,16,19). The number of benzene rings is 1. The molecule has 3 rings (SSSR count). The largest absolute Gasteiger partial charge is 0.346 e. The van der Waals surface area contributed by atoms with E-state index in [1.165, 1.54) is 29.5 Å². The lowest BCUT2D eigenvalue weighted by molar-refractivity contribution is 0.0949. The molecule has 0 unspecified atom stereocenters. The van der Waals surface area contributed by atoms with Crippen molar-refractivity contribution in [1.29, 1.82) is 0 Å². The number of carbonyl (C=O) groups excluding carboxylic acids is 1. The van der Waals surface area contributed by atoms with E-state index in [-0.39, 0.29) is 11.5 Å². The molecule has 3 aromatic rings. The first-order valence-electron chi connectivity index (χ1n) is 5.78. The summed E-state index contributed by atoms with van der Waals surface area (Å²) in [6.45, 7) is 0.302. The van der Waals surface area contributed by atoms with Crippen molar-refractivity contribution in [2.45, 2.75) is 6.54 Å². The molecule has 0 radical (unpaired) electrons. The topological polar surface area (TPSA) is 46.4 Å². The maximum absolute atomic E-state index is 13.2. The number of carbonyl (C=O) groups is 1. The number of hydrogen-bond donors (Lipinski definition) is 1. The maximum Gasteiger partial charge on any atom is 0.252 e. The molecule has 1 amide bonds. The number of halogens is 2. The SMILES string of the molecule is O=C(NCc1cn2ccsc2n1)c1cc(F)ccc1Br. The average molecular weight is 354 g/mol. The zero-order valence-electron chi connectivity index (χ0n) is 10.1. The van der Waals surface area contributed by atoms with Gasteiger partial charge in [-0.25, -0.2) is 9.37 Å². The van der Waals surface area contributed by atoms with Crippen molar-refractivity contribution in [3.05, 3.63) is 57.5 Å². The monoisotopic (exact) mass is 353 g/mol. The Bertz CT molecular complexity index is 754. The summed E-state index contributed by atoms with van der Waals surface area (Å²) >= 11 is 4.76. The number of hydrogen-bond acceptors (Lipinski definition) is 3. The van der Waals surface area contributed by atoms with Crippen LogP contribution in [-0.2, 0) is 6.54 Å². The number of imidazole rings is 1. The van der Waals surface area contributed by atoms with Crippen molar-refractivity contribution in [2.75, 3.05) is 0 Å². The van der Waals surface area contributed by atoms with Gasteiger partial charge in [0.15, 0.2) is 4.96 Å². The van der Waals surface area contributed by atoms with Gasteiger partial charge in [0, 0.05) is 22.2 Å². The normalized spacial score (nSPS) is 10.9. The second kappa shape index (κ2) is 5.34. The van der Waals surface area contributed by atoms with Crippen LogP contribution in [0.25, 0.3) is 4.96 Å². The van der Waals surface area contributed by atoms with Crippen LogP contribution in [0.4, 0.5) is 4.39 Å². The van der Waals surface area contributed by atoms with Crippen LogP contribution in [0.5, 0.6) is 0 Å². The van der Waals surface area contributed by atoms with Gasteiger partial charge in [0.25, 0.3) is 5.91 Å². The predicted molar refractivity (Wildman–Crippen MR) is 78.3 cm³/mol. The quantitative estimate of drug-likeness (QED) is 0.785. The van der Waals surface area contributed by atoms with Crippen LogP contribution in [0.1, 0.15) is 16.1 Å². The zero-order valence-corrected chi connectivity index (χ0v) is 12.5. The summed E-state index contributed by atoms with van der Waals surface area (Å²) in [5.41, 5.74) is 1.03. The van der Waals surface area contributed by atoms with Gasteiger partial charge >= 0.3 is 0 Å². The molecule has 0 saturated heterocycles. The number of thiazole rings is 1. The van der Waals surface area contributed by atoms with Crippen LogP contribution in [0.15, 0.2) is 40.4 Å². The highest BCUT2D eigenvalue weighted by Crippen LogP contribution is 2.18. The minimum atomic E-state index is -0.444. The Kier molecular flexibility index (Phi) is 3.54. The third-order valence-electron chi connectivity index (χ3n) is 2.75. The first-order valence-corrected chi connectivity index (χ1v) is 7.45. The van der Waals surface area contributed by atoms with E-state index in [4.69, 9.17) is 0 Å².